The number of methoxy groups -OCH3 is 1. The lowest BCUT2D eigenvalue weighted by molar-refractivity contribution is -0.158. The predicted octanol–water partition coefficient (Wildman–Crippen LogP) is 1.32. The molecule has 4 heterocycles. The quantitative estimate of drug-likeness (QED) is 0.192. The second-order valence-corrected chi connectivity index (χ2v) is 18.2. The summed E-state index contributed by atoms with van der Waals surface area (Å²) in [6.45, 7) is 8.26. The molecule has 18 nitrogen and oxygen atoms in total. The third kappa shape index (κ3) is 7.56. The Balaban J connectivity index is 1.22. The minimum atomic E-state index is -3.98. The Morgan fingerprint density at radius 2 is 1.88 bits per heavy atom. The van der Waals surface area contributed by atoms with Gasteiger partial charge >= 0.3 is 12.1 Å². The first-order valence-electron chi connectivity index (χ1n) is 18.8. The van der Waals surface area contributed by atoms with Crippen molar-refractivity contribution in [3.63, 3.8) is 0 Å². The number of esters is 1. The minimum absolute atomic E-state index is 0.0482. The van der Waals surface area contributed by atoms with Crippen molar-refractivity contribution < 1.29 is 56.5 Å². The zero-order valence-electron chi connectivity index (χ0n) is 32.0. The molecule has 5 aliphatic rings. The number of hydrogen-bond acceptors (Lipinski definition) is 12. The van der Waals surface area contributed by atoms with Gasteiger partial charge in [0.15, 0.2) is 0 Å². The van der Waals surface area contributed by atoms with Crippen LogP contribution in [-0.4, -0.2) is 136 Å². The topological polar surface area (TPSA) is 231 Å². The zero-order valence-corrected chi connectivity index (χ0v) is 32.8. The molecule has 0 spiro atoms. The third-order valence-electron chi connectivity index (χ3n) is 11.3. The van der Waals surface area contributed by atoms with Crippen molar-refractivity contribution in [3.8, 4) is 11.6 Å². The van der Waals surface area contributed by atoms with Crippen LogP contribution in [0.15, 0.2) is 43.1 Å². The molecule has 5 fully saturated rings. The van der Waals surface area contributed by atoms with E-state index in [9.17, 15) is 42.3 Å². The van der Waals surface area contributed by atoms with Crippen LogP contribution >= 0.6 is 0 Å². The van der Waals surface area contributed by atoms with Crippen LogP contribution in [0.1, 0.15) is 59.3 Å². The number of sulfonamides is 1. The summed E-state index contributed by atoms with van der Waals surface area (Å²) in [6.07, 6.45) is 0.412. The number of nitrogens with one attached hydrogen (secondary N) is 2. The summed E-state index contributed by atoms with van der Waals surface area (Å²) in [5.41, 5.74) is -2.90. The average Bonchev–Trinajstić information content (AvgIpc) is 4.00. The van der Waals surface area contributed by atoms with E-state index >= 15 is 0 Å². The number of carbonyl (C=O) groups excluding carboxylic acids is 5. The van der Waals surface area contributed by atoms with Crippen molar-refractivity contribution in [2.24, 2.45) is 5.92 Å². The first kappa shape index (κ1) is 39.8. The largest absolute Gasteiger partial charge is 0.497 e. The minimum Gasteiger partial charge on any atom is -0.497 e. The number of carbonyl (C=O) groups is 6. The molecular formula is C38H46N6O12S. The lowest BCUT2D eigenvalue weighted by Crippen LogP contribution is -2.62. The van der Waals surface area contributed by atoms with Crippen molar-refractivity contribution in [1.29, 1.82) is 0 Å². The van der Waals surface area contributed by atoms with Crippen molar-refractivity contribution in [3.05, 3.63) is 43.1 Å². The lowest BCUT2D eigenvalue weighted by atomic mass is 9.99. The molecule has 1 aromatic carbocycles. The van der Waals surface area contributed by atoms with Gasteiger partial charge in [0.1, 0.15) is 41.6 Å². The van der Waals surface area contributed by atoms with Gasteiger partial charge in [0.25, 0.3) is 5.91 Å². The number of morpholine rings is 1. The molecule has 19 heteroatoms. The van der Waals surface area contributed by atoms with Crippen molar-refractivity contribution in [2.75, 3.05) is 20.2 Å². The first-order chi connectivity index (χ1) is 26.9. The summed E-state index contributed by atoms with van der Waals surface area (Å²) in [5.74, 6) is -3.71. The molecule has 7 atom stereocenters. The fraction of sp³-hybridized carbons (Fsp3) is 0.553. The van der Waals surface area contributed by atoms with Crippen molar-refractivity contribution in [1.82, 2.24) is 29.7 Å². The number of nitrogens with zero attached hydrogens (tertiary/aromatic N) is 4. The summed E-state index contributed by atoms with van der Waals surface area (Å²) < 4.78 is 44.6. The molecule has 2 aliphatic carbocycles. The maximum Gasteiger partial charge on any atom is 0.408 e. The van der Waals surface area contributed by atoms with E-state index in [0.717, 1.165) is 15.2 Å². The van der Waals surface area contributed by atoms with Crippen LogP contribution in [0.3, 0.4) is 0 Å². The van der Waals surface area contributed by atoms with Gasteiger partial charge in [-0.05, 0) is 69.7 Å². The van der Waals surface area contributed by atoms with E-state index < -0.39 is 105 Å². The smallest absolute Gasteiger partial charge is 0.408 e. The van der Waals surface area contributed by atoms with E-state index in [4.69, 9.17) is 14.2 Å². The monoisotopic (exact) mass is 810 g/mol. The lowest BCUT2D eigenvalue weighted by Gasteiger charge is -2.41. The summed E-state index contributed by atoms with van der Waals surface area (Å²) >= 11 is 0. The van der Waals surface area contributed by atoms with Crippen LogP contribution in [0, 0.1) is 5.92 Å². The normalized spacial score (nSPS) is 27.0. The molecule has 3 aliphatic heterocycles. The van der Waals surface area contributed by atoms with Gasteiger partial charge in [0.05, 0.1) is 31.9 Å². The summed E-state index contributed by atoms with van der Waals surface area (Å²) in [7, 11) is -2.45. The van der Waals surface area contributed by atoms with Gasteiger partial charge in [0.2, 0.25) is 33.6 Å². The molecule has 2 aromatic rings. The summed E-state index contributed by atoms with van der Waals surface area (Å²) in [5, 5.41) is 13.8. The number of benzene rings is 1. The fourth-order valence-corrected chi connectivity index (χ4v) is 9.54. The van der Waals surface area contributed by atoms with Crippen LogP contribution in [0.5, 0.6) is 11.6 Å². The van der Waals surface area contributed by atoms with Gasteiger partial charge in [-0.1, -0.05) is 6.08 Å². The van der Waals surface area contributed by atoms with E-state index in [1.807, 2.05) is 0 Å². The molecule has 3 N–H and O–H groups in total. The molecule has 3 saturated heterocycles. The fourth-order valence-electron chi connectivity index (χ4n) is 8.18. The Hall–Kier alpha value is -5.46. The van der Waals surface area contributed by atoms with Crippen LogP contribution in [0.2, 0.25) is 0 Å². The second-order valence-electron chi connectivity index (χ2n) is 16.3. The number of ether oxygens (including phenoxy) is 3. The Morgan fingerprint density at radius 1 is 1.14 bits per heavy atom. The Morgan fingerprint density at radius 3 is 2.47 bits per heavy atom. The first-order valence-corrected chi connectivity index (χ1v) is 20.3. The highest BCUT2D eigenvalue weighted by Crippen LogP contribution is 2.46. The summed E-state index contributed by atoms with van der Waals surface area (Å²) in [6, 6.07) is 3.11. The van der Waals surface area contributed by atoms with Crippen LogP contribution in [-0.2, 0) is 38.7 Å². The van der Waals surface area contributed by atoms with Gasteiger partial charge in [-0.25, -0.2) is 23.0 Å². The number of rotatable bonds is 13. The Bertz CT molecular complexity index is 2150. The van der Waals surface area contributed by atoms with E-state index in [1.54, 1.807) is 45.0 Å². The van der Waals surface area contributed by atoms with Crippen molar-refractivity contribution in [2.45, 2.75) is 106 Å². The third-order valence-corrected chi connectivity index (χ3v) is 13.2. The van der Waals surface area contributed by atoms with Gasteiger partial charge in [-0.15, -0.1) is 6.58 Å². The SMILES string of the molecule is C=C[C@@H]1C[C@]1(NC(=O)[C@@H]1CC(Oc2nccc3cc(OC)ccc23)CN1C(=O)[C@H](CC(=O)N1C[C@H]2C[C@@H]1C(=O)O2)N(C(=O)O)C(C)(C)C)C(=O)NS(=O)(=O)C1CC1. The Kier molecular flexibility index (Phi) is 10.1. The maximum absolute atomic E-state index is 14.9. The van der Waals surface area contributed by atoms with Gasteiger partial charge < -0.3 is 34.4 Å². The number of fused-ring (bicyclic) bond motifs is 3. The molecular weight excluding hydrogens is 765 g/mol. The maximum atomic E-state index is 14.9. The molecule has 1 unspecified atom stereocenters. The molecule has 306 valence electrons. The van der Waals surface area contributed by atoms with Crippen LogP contribution in [0.25, 0.3) is 10.8 Å². The molecule has 1 aromatic heterocycles. The predicted molar refractivity (Wildman–Crippen MR) is 200 cm³/mol. The molecule has 2 bridgehead atoms. The molecule has 5 amide bonds. The van der Waals surface area contributed by atoms with E-state index in [1.165, 1.54) is 24.3 Å². The Labute approximate surface area is 328 Å². The number of hydrogen-bond donors (Lipinski definition) is 3. The zero-order chi connectivity index (χ0) is 41.2. The molecule has 57 heavy (non-hydrogen) atoms. The molecule has 0 radical (unpaired) electrons. The van der Waals surface area contributed by atoms with Gasteiger partial charge in [0, 0.05) is 35.9 Å². The van der Waals surface area contributed by atoms with Crippen LogP contribution in [0.4, 0.5) is 4.79 Å². The highest BCUT2D eigenvalue weighted by molar-refractivity contribution is 7.91. The van der Waals surface area contributed by atoms with Crippen molar-refractivity contribution >= 4 is 56.5 Å². The number of amides is 5. The average molecular weight is 811 g/mol. The standard InChI is InChI=1S/C38H46N6O12S/c1-6-21-17-38(21,35(49)41-57(52,53)25-8-9-25)40-31(46)27-14-23(55-32-26-10-7-22(54-5)13-20(26)11-12-39-32)19-43(27)33(47)28(44(36(50)51)37(2,3)4)16-30(45)42-18-24-15-29(42)34(48)56-24/h6-7,10-13,21,23-25,27-29H,1,8-9,14-19H2,2-5H3,(H,40,46)(H,41,49)(H,50,51)/t21-,23?,24-,27+,28+,29-,38-/m1/s1. The van der Waals surface area contributed by atoms with E-state index in [2.05, 4.69) is 21.6 Å². The van der Waals surface area contributed by atoms with Crippen LogP contribution < -0.4 is 19.5 Å². The number of pyridine rings is 1. The molecule has 2 saturated carbocycles. The van der Waals surface area contributed by atoms with E-state index in [-0.39, 0.29) is 38.2 Å². The number of likely N-dealkylation sites (tertiary alicyclic amines) is 2. The van der Waals surface area contributed by atoms with E-state index in [0.29, 0.717) is 24.0 Å². The number of carboxylic acid groups (broad SMARTS) is 1. The number of aromatic nitrogens is 1. The summed E-state index contributed by atoms with van der Waals surface area (Å²) in [4.78, 5) is 89.8. The van der Waals surface area contributed by atoms with Gasteiger partial charge in [-0.3, -0.25) is 28.8 Å². The second kappa shape index (κ2) is 14.5. The molecule has 7 rings (SSSR count). The highest BCUT2D eigenvalue weighted by atomic mass is 32.2. The van der Waals surface area contributed by atoms with Gasteiger partial charge in [-0.2, -0.15) is 0 Å². The highest BCUT2D eigenvalue weighted by Gasteiger charge is 2.62.